The van der Waals surface area contributed by atoms with Gasteiger partial charge in [-0.25, -0.2) is 9.37 Å². The van der Waals surface area contributed by atoms with Gasteiger partial charge in [0.05, 0.1) is 24.4 Å². The van der Waals surface area contributed by atoms with Crippen molar-refractivity contribution in [1.82, 2.24) is 9.88 Å². The Hall–Kier alpha value is -2.47. The maximum Gasteiger partial charge on any atom is 0.123 e. The molecule has 1 aromatic heterocycles. The van der Waals surface area contributed by atoms with E-state index in [4.69, 9.17) is 9.72 Å². The molecular formula is C26H28ClFN2O2. The topological polar surface area (TPSA) is 45.6 Å². The monoisotopic (exact) mass is 454 g/mol. The van der Waals surface area contributed by atoms with E-state index in [0.717, 1.165) is 59.4 Å². The zero-order chi connectivity index (χ0) is 21.5. The van der Waals surface area contributed by atoms with Gasteiger partial charge in [0.2, 0.25) is 0 Å². The number of piperidine rings is 3. The maximum atomic E-state index is 13.4. The van der Waals surface area contributed by atoms with E-state index >= 15 is 0 Å². The standard InChI is InChI=1S/C26H27FN2O2.ClH/c1-3-16-15-29-11-10-18(16)12-25(29)26(30)22-14-24(17-4-6-19(27)7-5-17)28-23-9-8-20(31-2)13-21(22)23;/h3-9,13-14,16,18,25-26,30H,1,10-12,15H2,2H3;1H/t16-,18+,25-,26+;/m0./s1. The van der Waals surface area contributed by atoms with Crippen LogP contribution in [0.1, 0.15) is 24.5 Å². The molecule has 3 aliphatic rings. The molecule has 0 aliphatic carbocycles. The first-order valence-corrected chi connectivity index (χ1v) is 10.9. The Kier molecular flexibility index (Phi) is 6.52. The molecule has 6 rings (SSSR count). The average Bonchev–Trinajstić information content (AvgIpc) is 2.83. The highest BCUT2D eigenvalue weighted by atomic mass is 35.5. The Morgan fingerprint density at radius 2 is 2.00 bits per heavy atom. The first kappa shape index (κ1) is 22.7. The lowest BCUT2D eigenvalue weighted by Crippen LogP contribution is -2.54. The lowest BCUT2D eigenvalue weighted by Gasteiger charge is -2.50. The van der Waals surface area contributed by atoms with Crippen molar-refractivity contribution < 1.29 is 14.2 Å². The normalized spacial score (nSPS) is 25.2. The van der Waals surface area contributed by atoms with E-state index < -0.39 is 6.10 Å². The average molecular weight is 455 g/mol. The highest BCUT2D eigenvalue weighted by Crippen LogP contribution is 2.43. The number of methoxy groups -OCH3 is 1. The van der Waals surface area contributed by atoms with Gasteiger partial charge < -0.3 is 9.84 Å². The lowest BCUT2D eigenvalue weighted by molar-refractivity contribution is -0.0444. The van der Waals surface area contributed by atoms with Crippen LogP contribution in [0, 0.1) is 17.7 Å². The summed E-state index contributed by atoms with van der Waals surface area (Å²) in [7, 11) is 1.64. The van der Waals surface area contributed by atoms with Crippen LogP contribution < -0.4 is 4.74 Å². The third-order valence-electron chi connectivity index (χ3n) is 7.02. The molecule has 0 spiro atoms. The quantitative estimate of drug-likeness (QED) is 0.524. The van der Waals surface area contributed by atoms with Crippen LogP contribution >= 0.6 is 12.4 Å². The Balaban J connectivity index is 0.00000245. The molecule has 3 aromatic rings. The molecule has 3 aliphatic heterocycles. The summed E-state index contributed by atoms with van der Waals surface area (Å²) in [6.07, 6.45) is 3.53. The predicted molar refractivity (Wildman–Crippen MR) is 128 cm³/mol. The summed E-state index contributed by atoms with van der Waals surface area (Å²) in [6, 6.07) is 14.1. The Labute approximate surface area is 194 Å². The Bertz CT molecular complexity index is 1120. The summed E-state index contributed by atoms with van der Waals surface area (Å²) in [4.78, 5) is 7.20. The number of nitrogens with zero attached hydrogens (tertiary/aromatic N) is 2. The van der Waals surface area contributed by atoms with Gasteiger partial charge in [-0.15, -0.1) is 19.0 Å². The number of halogens is 2. The highest BCUT2D eigenvalue weighted by Gasteiger charge is 2.42. The smallest absolute Gasteiger partial charge is 0.123 e. The van der Waals surface area contributed by atoms with Crippen molar-refractivity contribution in [2.24, 2.45) is 11.8 Å². The zero-order valence-corrected chi connectivity index (χ0v) is 18.9. The number of fused-ring (bicyclic) bond motifs is 4. The molecule has 1 N–H and O–H groups in total. The number of ether oxygens (including phenoxy) is 1. The molecule has 168 valence electrons. The van der Waals surface area contributed by atoms with Crippen molar-refractivity contribution in [2.45, 2.75) is 25.0 Å². The second-order valence-electron chi connectivity index (χ2n) is 8.68. The first-order chi connectivity index (χ1) is 15.1. The van der Waals surface area contributed by atoms with Gasteiger partial charge >= 0.3 is 0 Å². The maximum absolute atomic E-state index is 13.4. The number of aliphatic hydroxyl groups excluding tert-OH is 1. The molecule has 2 bridgehead atoms. The molecule has 3 saturated heterocycles. The lowest BCUT2D eigenvalue weighted by atomic mass is 9.73. The fraction of sp³-hybridized carbons (Fsp3) is 0.346. The SMILES string of the molecule is C=C[C@H]1CN2CC[C@@H]1C[C@H]2[C@H](O)c1cc(-c2ccc(F)cc2)nc2ccc(OC)cc12.Cl. The van der Waals surface area contributed by atoms with Crippen molar-refractivity contribution in [3.63, 3.8) is 0 Å². The highest BCUT2D eigenvalue weighted by molar-refractivity contribution is 5.87. The number of hydrogen-bond acceptors (Lipinski definition) is 4. The molecule has 0 amide bonds. The molecule has 5 atom stereocenters. The van der Waals surface area contributed by atoms with Crippen LogP contribution in [0.3, 0.4) is 0 Å². The van der Waals surface area contributed by atoms with E-state index in [9.17, 15) is 9.50 Å². The van der Waals surface area contributed by atoms with Crippen molar-refractivity contribution >= 4 is 23.3 Å². The first-order valence-electron chi connectivity index (χ1n) is 10.9. The van der Waals surface area contributed by atoms with Crippen LogP contribution in [0.15, 0.2) is 61.2 Å². The summed E-state index contributed by atoms with van der Waals surface area (Å²) in [5.41, 5.74) is 3.18. The fourth-order valence-corrected chi connectivity index (χ4v) is 5.28. The Morgan fingerprint density at radius 1 is 1.22 bits per heavy atom. The third kappa shape index (κ3) is 4.01. The van der Waals surface area contributed by atoms with Crippen LogP contribution in [0.2, 0.25) is 0 Å². The van der Waals surface area contributed by atoms with Gasteiger partial charge in [0.25, 0.3) is 0 Å². The molecule has 4 heterocycles. The van der Waals surface area contributed by atoms with Crippen LogP contribution in [-0.4, -0.2) is 41.2 Å². The van der Waals surface area contributed by atoms with Crippen LogP contribution in [0.4, 0.5) is 4.39 Å². The molecule has 0 radical (unpaired) electrons. The van der Waals surface area contributed by atoms with Crippen molar-refractivity contribution in [3.05, 3.63) is 72.6 Å². The van der Waals surface area contributed by atoms with Gasteiger partial charge in [-0.05, 0) is 85.3 Å². The van der Waals surface area contributed by atoms with Gasteiger partial charge in [-0.2, -0.15) is 0 Å². The predicted octanol–water partition coefficient (Wildman–Crippen LogP) is 5.40. The zero-order valence-electron chi connectivity index (χ0n) is 18.1. The van der Waals surface area contributed by atoms with Gasteiger partial charge in [0, 0.05) is 23.5 Å². The van der Waals surface area contributed by atoms with E-state index in [1.165, 1.54) is 12.1 Å². The van der Waals surface area contributed by atoms with Crippen molar-refractivity contribution in [2.75, 3.05) is 20.2 Å². The van der Waals surface area contributed by atoms with Gasteiger partial charge in [0.1, 0.15) is 11.6 Å². The summed E-state index contributed by atoms with van der Waals surface area (Å²) in [5.74, 6) is 1.52. The summed E-state index contributed by atoms with van der Waals surface area (Å²) >= 11 is 0. The molecule has 1 unspecified atom stereocenters. The molecule has 6 heteroatoms. The van der Waals surface area contributed by atoms with E-state index in [0.29, 0.717) is 11.8 Å². The minimum atomic E-state index is -0.648. The summed E-state index contributed by atoms with van der Waals surface area (Å²) in [6.45, 7) is 5.96. The number of benzene rings is 2. The minimum Gasteiger partial charge on any atom is -0.497 e. The van der Waals surface area contributed by atoms with Crippen LogP contribution in [0.25, 0.3) is 22.2 Å². The Morgan fingerprint density at radius 3 is 2.66 bits per heavy atom. The molecule has 4 nitrogen and oxygen atoms in total. The fourth-order valence-electron chi connectivity index (χ4n) is 5.28. The van der Waals surface area contributed by atoms with Gasteiger partial charge in [-0.3, -0.25) is 4.90 Å². The largest absolute Gasteiger partial charge is 0.497 e. The van der Waals surface area contributed by atoms with Gasteiger partial charge in [0.15, 0.2) is 0 Å². The van der Waals surface area contributed by atoms with Crippen LogP contribution in [-0.2, 0) is 0 Å². The van der Waals surface area contributed by atoms with E-state index in [1.807, 2.05) is 24.3 Å². The molecule has 3 fully saturated rings. The molecular weight excluding hydrogens is 427 g/mol. The van der Waals surface area contributed by atoms with E-state index in [1.54, 1.807) is 19.2 Å². The van der Waals surface area contributed by atoms with Crippen molar-refractivity contribution in [1.29, 1.82) is 0 Å². The van der Waals surface area contributed by atoms with E-state index in [2.05, 4.69) is 17.6 Å². The second-order valence-corrected chi connectivity index (χ2v) is 8.68. The minimum absolute atomic E-state index is 0. The van der Waals surface area contributed by atoms with Gasteiger partial charge in [-0.1, -0.05) is 6.08 Å². The van der Waals surface area contributed by atoms with Crippen LogP contribution in [0.5, 0.6) is 5.75 Å². The summed E-state index contributed by atoms with van der Waals surface area (Å²) < 4.78 is 18.9. The summed E-state index contributed by atoms with van der Waals surface area (Å²) in [5, 5.41) is 12.5. The molecule has 0 saturated carbocycles. The second kappa shape index (κ2) is 9.18. The number of pyridine rings is 1. The number of hydrogen-bond donors (Lipinski definition) is 1. The van der Waals surface area contributed by atoms with Crippen molar-refractivity contribution in [3.8, 4) is 17.0 Å². The molecule has 32 heavy (non-hydrogen) atoms. The number of aliphatic hydroxyl groups is 1. The van der Waals surface area contributed by atoms with E-state index in [-0.39, 0.29) is 24.3 Å². The number of aromatic nitrogens is 1. The third-order valence-corrected chi connectivity index (χ3v) is 7.02. The molecule has 2 aromatic carbocycles. The number of rotatable bonds is 5.